The zero-order valence-electron chi connectivity index (χ0n) is 4.31. The molecule has 1 aliphatic rings. The van der Waals surface area contributed by atoms with Crippen LogP contribution in [0.5, 0.6) is 0 Å². The van der Waals surface area contributed by atoms with Crippen LogP contribution in [-0.2, 0) is 9.53 Å². The Morgan fingerprint density at radius 1 is 1.86 bits per heavy atom. The smallest absolute Gasteiger partial charge is 0.161 e. The Morgan fingerprint density at radius 3 is 2.71 bits per heavy atom. The molecule has 1 rings (SSSR count). The van der Waals surface area contributed by atoms with Crippen molar-refractivity contribution >= 4 is 5.78 Å². The van der Waals surface area contributed by atoms with Crippen molar-refractivity contribution in [1.82, 2.24) is 0 Å². The van der Waals surface area contributed by atoms with Crippen molar-refractivity contribution in [2.75, 3.05) is 6.61 Å². The topological polar surface area (TPSA) is 26.3 Å². The summed E-state index contributed by atoms with van der Waals surface area (Å²) in [7, 11) is 0. The molecule has 0 amide bonds. The minimum atomic E-state index is 0.174. The Hall–Kier alpha value is -0.370. The average molecular weight is 100 g/mol. The average Bonchev–Trinajstić information content (AvgIpc) is 1.87. The van der Waals surface area contributed by atoms with Gasteiger partial charge in [-0.2, -0.15) is 0 Å². The van der Waals surface area contributed by atoms with E-state index in [0.29, 0.717) is 13.0 Å². The summed E-state index contributed by atoms with van der Waals surface area (Å²) in [5.74, 6) is 0.229. The van der Waals surface area contributed by atoms with Crippen molar-refractivity contribution in [3.8, 4) is 0 Å². The lowest BCUT2D eigenvalue weighted by molar-refractivity contribution is -0.117. The van der Waals surface area contributed by atoms with Gasteiger partial charge in [0.05, 0.1) is 6.10 Å². The Bertz CT molecular complexity index is 88.1. The van der Waals surface area contributed by atoms with Gasteiger partial charge in [-0.15, -0.1) is 0 Å². The lowest BCUT2D eigenvalue weighted by Crippen LogP contribution is -1.95. The highest BCUT2D eigenvalue weighted by Gasteiger charge is 2.17. The SMILES string of the molecule is CC1CC(=O)CO1. The second-order valence-corrected chi connectivity index (χ2v) is 1.86. The number of ketones is 1. The molecule has 1 atom stereocenters. The first-order valence-corrected chi connectivity index (χ1v) is 2.42. The van der Waals surface area contributed by atoms with Crippen molar-refractivity contribution in [1.29, 1.82) is 0 Å². The molecular formula is C5H8O2. The molecule has 0 spiro atoms. The van der Waals surface area contributed by atoms with Crippen LogP contribution in [0.2, 0.25) is 0 Å². The molecule has 7 heavy (non-hydrogen) atoms. The van der Waals surface area contributed by atoms with E-state index in [1.165, 1.54) is 0 Å². The molecule has 0 bridgehead atoms. The zero-order valence-corrected chi connectivity index (χ0v) is 4.31. The lowest BCUT2D eigenvalue weighted by atomic mass is 10.2. The molecule has 0 radical (unpaired) electrons. The highest BCUT2D eigenvalue weighted by molar-refractivity contribution is 5.81. The summed E-state index contributed by atoms with van der Waals surface area (Å²) in [5.41, 5.74) is 0. The molecule has 1 heterocycles. The van der Waals surface area contributed by atoms with Crippen LogP contribution in [0.4, 0.5) is 0 Å². The monoisotopic (exact) mass is 100 g/mol. The number of ether oxygens (including phenoxy) is 1. The van der Waals surface area contributed by atoms with Gasteiger partial charge in [-0.1, -0.05) is 0 Å². The third kappa shape index (κ3) is 0.996. The molecule has 0 aromatic carbocycles. The summed E-state index contributed by atoms with van der Waals surface area (Å²) >= 11 is 0. The fourth-order valence-corrected chi connectivity index (χ4v) is 0.674. The van der Waals surface area contributed by atoms with E-state index in [-0.39, 0.29) is 11.9 Å². The number of rotatable bonds is 0. The van der Waals surface area contributed by atoms with Crippen LogP contribution in [-0.4, -0.2) is 18.5 Å². The van der Waals surface area contributed by atoms with Crippen molar-refractivity contribution < 1.29 is 9.53 Å². The number of hydrogen-bond acceptors (Lipinski definition) is 2. The molecular weight excluding hydrogens is 92.1 g/mol. The maximum absolute atomic E-state index is 10.3. The first-order chi connectivity index (χ1) is 3.29. The van der Waals surface area contributed by atoms with Gasteiger partial charge in [0.15, 0.2) is 5.78 Å². The summed E-state index contributed by atoms with van der Waals surface area (Å²) in [4.78, 5) is 10.3. The Kier molecular flexibility index (Phi) is 1.11. The minimum Gasteiger partial charge on any atom is -0.370 e. The van der Waals surface area contributed by atoms with Crippen molar-refractivity contribution in [2.45, 2.75) is 19.4 Å². The summed E-state index contributed by atoms with van der Waals surface area (Å²) in [6.07, 6.45) is 0.785. The fraction of sp³-hybridized carbons (Fsp3) is 0.800. The van der Waals surface area contributed by atoms with Gasteiger partial charge < -0.3 is 4.74 Å². The molecule has 0 aromatic rings. The highest BCUT2D eigenvalue weighted by Crippen LogP contribution is 2.05. The molecule has 0 aromatic heterocycles. The normalized spacial score (nSPS) is 31.6. The maximum Gasteiger partial charge on any atom is 0.161 e. The van der Waals surface area contributed by atoms with Crippen molar-refractivity contribution in [3.63, 3.8) is 0 Å². The Morgan fingerprint density at radius 2 is 2.57 bits per heavy atom. The quantitative estimate of drug-likeness (QED) is 0.439. The number of carbonyl (C=O) groups is 1. The minimum absolute atomic E-state index is 0.174. The van der Waals surface area contributed by atoms with E-state index in [2.05, 4.69) is 0 Å². The molecule has 0 N–H and O–H groups in total. The summed E-state index contributed by atoms with van der Waals surface area (Å²) in [6.45, 7) is 2.24. The largest absolute Gasteiger partial charge is 0.370 e. The highest BCUT2D eigenvalue weighted by atomic mass is 16.5. The van der Waals surface area contributed by atoms with E-state index < -0.39 is 0 Å². The predicted octanol–water partition coefficient (Wildman–Crippen LogP) is 0.364. The molecule has 1 fully saturated rings. The van der Waals surface area contributed by atoms with Crippen LogP contribution in [0, 0.1) is 0 Å². The Balaban J connectivity index is 2.40. The van der Waals surface area contributed by atoms with Gasteiger partial charge in [0.1, 0.15) is 6.61 Å². The maximum atomic E-state index is 10.3. The molecule has 0 saturated carbocycles. The van der Waals surface area contributed by atoms with E-state index in [9.17, 15) is 4.79 Å². The van der Waals surface area contributed by atoms with E-state index >= 15 is 0 Å². The number of Topliss-reactive ketones (excluding diaryl/α,β-unsaturated/α-hetero) is 1. The van der Waals surface area contributed by atoms with Crippen LogP contribution in [0.1, 0.15) is 13.3 Å². The molecule has 40 valence electrons. The molecule has 2 heteroatoms. The molecule has 0 aliphatic carbocycles. The van der Waals surface area contributed by atoms with Crippen LogP contribution < -0.4 is 0 Å². The molecule has 1 aliphatic heterocycles. The third-order valence-corrected chi connectivity index (χ3v) is 1.04. The lowest BCUT2D eigenvalue weighted by Gasteiger charge is -1.92. The van der Waals surface area contributed by atoms with Crippen molar-refractivity contribution in [3.05, 3.63) is 0 Å². The van der Waals surface area contributed by atoms with Crippen LogP contribution in [0.3, 0.4) is 0 Å². The molecule has 1 unspecified atom stereocenters. The van der Waals surface area contributed by atoms with Gasteiger partial charge in [0.25, 0.3) is 0 Å². The predicted molar refractivity (Wildman–Crippen MR) is 25.0 cm³/mol. The third-order valence-electron chi connectivity index (χ3n) is 1.04. The van der Waals surface area contributed by atoms with E-state index in [4.69, 9.17) is 4.74 Å². The molecule has 2 nitrogen and oxygen atoms in total. The van der Waals surface area contributed by atoms with E-state index in [0.717, 1.165) is 0 Å². The van der Waals surface area contributed by atoms with Gasteiger partial charge >= 0.3 is 0 Å². The fourth-order valence-electron chi connectivity index (χ4n) is 0.674. The number of hydrogen-bond donors (Lipinski definition) is 0. The summed E-state index contributed by atoms with van der Waals surface area (Å²) in [5, 5.41) is 0. The number of carbonyl (C=O) groups excluding carboxylic acids is 1. The van der Waals surface area contributed by atoms with Gasteiger partial charge in [-0.05, 0) is 6.92 Å². The van der Waals surface area contributed by atoms with Gasteiger partial charge in [-0.3, -0.25) is 4.79 Å². The van der Waals surface area contributed by atoms with Crippen LogP contribution >= 0.6 is 0 Å². The standard InChI is InChI=1S/C5H8O2/c1-4-2-5(6)3-7-4/h4H,2-3H2,1H3. The first kappa shape index (κ1) is 4.78. The van der Waals surface area contributed by atoms with Crippen molar-refractivity contribution in [2.24, 2.45) is 0 Å². The Labute approximate surface area is 42.5 Å². The summed E-state index contributed by atoms with van der Waals surface area (Å²) in [6, 6.07) is 0. The van der Waals surface area contributed by atoms with Crippen LogP contribution in [0.25, 0.3) is 0 Å². The molecule has 1 saturated heterocycles. The van der Waals surface area contributed by atoms with E-state index in [1.54, 1.807) is 0 Å². The second-order valence-electron chi connectivity index (χ2n) is 1.86. The van der Waals surface area contributed by atoms with Crippen LogP contribution in [0.15, 0.2) is 0 Å². The summed E-state index contributed by atoms with van der Waals surface area (Å²) < 4.78 is 4.92. The first-order valence-electron chi connectivity index (χ1n) is 2.42. The van der Waals surface area contributed by atoms with Gasteiger partial charge in [-0.25, -0.2) is 0 Å². The zero-order chi connectivity index (χ0) is 5.28. The van der Waals surface area contributed by atoms with Gasteiger partial charge in [0.2, 0.25) is 0 Å². The van der Waals surface area contributed by atoms with E-state index in [1.807, 2.05) is 6.92 Å². The van der Waals surface area contributed by atoms with Gasteiger partial charge in [0, 0.05) is 6.42 Å². The second kappa shape index (κ2) is 1.62.